The van der Waals surface area contributed by atoms with E-state index in [1.807, 2.05) is 0 Å². The molecule has 1 amide bonds. The van der Waals surface area contributed by atoms with E-state index in [-0.39, 0.29) is 10.9 Å². The van der Waals surface area contributed by atoms with Gasteiger partial charge in [0.15, 0.2) is 10.2 Å². The highest BCUT2D eigenvalue weighted by Gasteiger charge is 2.13. The SMILES string of the molecule is COc1cc(OC)cc(C(=O)NC(=S)Nc2nc3ccc(F)cc3s2)c1. The van der Waals surface area contributed by atoms with Crippen LogP contribution in [0.4, 0.5) is 9.52 Å². The number of hydrogen-bond acceptors (Lipinski definition) is 6. The molecular formula is C17H14FN3O3S2. The van der Waals surface area contributed by atoms with Gasteiger partial charge >= 0.3 is 0 Å². The number of rotatable bonds is 4. The van der Waals surface area contributed by atoms with Crippen LogP contribution in [-0.4, -0.2) is 30.2 Å². The Hall–Kier alpha value is -2.78. The third-order valence-electron chi connectivity index (χ3n) is 3.41. The van der Waals surface area contributed by atoms with E-state index in [1.165, 1.54) is 37.7 Å². The van der Waals surface area contributed by atoms with Crippen molar-refractivity contribution in [3.05, 3.63) is 47.8 Å². The molecule has 0 saturated carbocycles. The second kappa shape index (κ2) is 7.63. The van der Waals surface area contributed by atoms with Crippen LogP contribution in [0.1, 0.15) is 10.4 Å². The lowest BCUT2D eigenvalue weighted by molar-refractivity contribution is 0.0977. The number of methoxy groups -OCH3 is 2. The van der Waals surface area contributed by atoms with Gasteiger partial charge in [0, 0.05) is 11.6 Å². The number of carbonyl (C=O) groups is 1. The molecule has 2 aromatic carbocycles. The van der Waals surface area contributed by atoms with Gasteiger partial charge in [0.05, 0.1) is 24.4 Å². The molecule has 1 aromatic heterocycles. The molecule has 9 heteroatoms. The van der Waals surface area contributed by atoms with E-state index < -0.39 is 5.91 Å². The van der Waals surface area contributed by atoms with E-state index >= 15 is 0 Å². The van der Waals surface area contributed by atoms with E-state index in [0.717, 1.165) is 0 Å². The van der Waals surface area contributed by atoms with Crippen molar-refractivity contribution < 1.29 is 18.7 Å². The summed E-state index contributed by atoms with van der Waals surface area (Å²) in [5.41, 5.74) is 0.974. The smallest absolute Gasteiger partial charge is 0.257 e. The summed E-state index contributed by atoms with van der Waals surface area (Å²) in [6, 6.07) is 9.11. The van der Waals surface area contributed by atoms with Crippen molar-refractivity contribution >= 4 is 49.9 Å². The number of hydrogen-bond donors (Lipinski definition) is 2. The lowest BCUT2D eigenvalue weighted by atomic mass is 10.2. The van der Waals surface area contributed by atoms with Crippen LogP contribution < -0.4 is 20.1 Å². The molecule has 0 aliphatic rings. The molecule has 134 valence electrons. The van der Waals surface area contributed by atoms with Crippen LogP contribution >= 0.6 is 23.6 Å². The molecule has 0 radical (unpaired) electrons. The monoisotopic (exact) mass is 391 g/mol. The summed E-state index contributed by atoms with van der Waals surface area (Å²) in [5, 5.41) is 5.93. The lowest BCUT2D eigenvalue weighted by Crippen LogP contribution is -2.34. The predicted molar refractivity (Wildman–Crippen MR) is 103 cm³/mol. The summed E-state index contributed by atoms with van der Waals surface area (Å²) >= 11 is 6.39. The van der Waals surface area contributed by atoms with Crippen molar-refractivity contribution in [1.82, 2.24) is 10.3 Å². The fourth-order valence-electron chi connectivity index (χ4n) is 2.19. The fourth-order valence-corrected chi connectivity index (χ4v) is 3.34. The molecule has 0 aliphatic heterocycles. The molecular weight excluding hydrogens is 377 g/mol. The number of ether oxygens (including phenoxy) is 2. The van der Waals surface area contributed by atoms with E-state index in [0.29, 0.717) is 32.4 Å². The van der Waals surface area contributed by atoms with Crippen LogP contribution in [0.5, 0.6) is 11.5 Å². The third-order valence-corrected chi connectivity index (χ3v) is 4.55. The zero-order valence-corrected chi connectivity index (χ0v) is 15.5. The van der Waals surface area contributed by atoms with E-state index in [2.05, 4.69) is 15.6 Å². The van der Waals surface area contributed by atoms with Crippen LogP contribution in [0.15, 0.2) is 36.4 Å². The topological polar surface area (TPSA) is 72.5 Å². The van der Waals surface area contributed by atoms with E-state index in [1.54, 1.807) is 24.3 Å². The third kappa shape index (κ3) is 4.06. The fraction of sp³-hybridized carbons (Fsp3) is 0.118. The lowest BCUT2D eigenvalue weighted by Gasteiger charge is -2.10. The van der Waals surface area contributed by atoms with Gasteiger partial charge in [-0.3, -0.25) is 10.1 Å². The van der Waals surface area contributed by atoms with E-state index in [4.69, 9.17) is 21.7 Å². The number of nitrogens with one attached hydrogen (secondary N) is 2. The van der Waals surface area contributed by atoms with E-state index in [9.17, 15) is 9.18 Å². The van der Waals surface area contributed by atoms with Gasteiger partial charge in [-0.05, 0) is 42.5 Å². The normalized spacial score (nSPS) is 10.4. The maximum absolute atomic E-state index is 13.2. The summed E-state index contributed by atoms with van der Waals surface area (Å²) in [4.78, 5) is 16.7. The number of halogens is 1. The molecule has 2 N–H and O–H groups in total. The minimum absolute atomic E-state index is 0.0799. The number of thiazole rings is 1. The molecule has 0 aliphatic carbocycles. The van der Waals surface area contributed by atoms with Gasteiger partial charge in [0.1, 0.15) is 17.3 Å². The number of nitrogens with zero attached hydrogens (tertiary/aromatic N) is 1. The zero-order valence-electron chi connectivity index (χ0n) is 13.8. The van der Waals surface area contributed by atoms with Gasteiger partial charge < -0.3 is 14.8 Å². The van der Waals surface area contributed by atoms with Crippen LogP contribution in [0.25, 0.3) is 10.2 Å². The summed E-state index contributed by atoms with van der Waals surface area (Å²) in [6.45, 7) is 0. The van der Waals surface area contributed by atoms with Crippen molar-refractivity contribution in [1.29, 1.82) is 0 Å². The minimum Gasteiger partial charge on any atom is -0.497 e. The molecule has 0 fully saturated rings. The van der Waals surface area contributed by atoms with Crippen LogP contribution in [0.2, 0.25) is 0 Å². The van der Waals surface area contributed by atoms with Gasteiger partial charge in [0.2, 0.25) is 0 Å². The Morgan fingerprint density at radius 3 is 2.50 bits per heavy atom. The molecule has 0 bridgehead atoms. The highest BCUT2D eigenvalue weighted by Crippen LogP contribution is 2.26. The Morgan fingerprint density at radius 2 is 1.85 bits per heavy atom. The Bertz CT molecular complexity index is 968. The summed E-state index contributed by atoms with van der Waals surface area (Å²) in [7, 11) is 3.00. The number of fused-ring (bicyclic) bond motifs is 1. The zero-order chi connectivity index (χ0) is 18.7. The molecule has 6 nitrogen and oxygen atoms in total. The molecule has 0 unspecified atom stereocenters. The van der Waals surface area contributed by atoms with Gasteiger partial charge in [-0.1, -0.05) is 11.3 Å². The summed E-state index contributed by atoms with van der Waals surface area (Å²) in [5.74, 6) is 0.213. The van der Waals surface area contributed by atoms with Crippen molar-refractivity contribution in [2.45, 2.75) is 0 Å². The second-order valence-electron chi connectivity index (χ2n) is 5.14. The molecule has 0 spiro atoms. The van der Waals surface area contributed by atoms with Crippen molar-refractivity contribution in [2.75, 3.05) is 19.5 Å². The Labute approximate surface area is 158 Å². The number of amides is 1. The Kier molecular flexibility index (Phi) is 5.29. The quantitative estimate of drug-likeness (QED) is 0.663. The average Bonchev–Trinajstić information content (AvgIpc) is 3.02. The number of aromatic nitrogens is 1. The van der Waals surface area contributed by atoms with Gasteiger partial charge in [0.25, 0.3) is 5.91 Å². The Balaban J connectivity index is 1.71. The summed E-state index contributed by atoms with van der Waals surface area (Å²) in [6.07, 6.45) is 0. The first-order valence-electron chi connectivity index (χ1n) is 7.40. The minimum atomic E-state index is -0.424. The highest BCUT2D eigenvalue weighted by molar-refractivity contribution is 7.80. The number of carbonyl (C=O) groups excluding carboxylic acids is 1. The highest BCUT2D eigenvalue weighted by atomic mass is 32.1. The van der Waals surface area contributed by atoms with Crippen LogP contribution in [-0.2, 0) is 0 Å². The van der Waals surface area contributed by atoms with Crippen molar-refractivity contribution in [2.24, 2.45) is 0 Å². The van der Waals surface area contributed by atoms with Crippen LogP contribution in [0.3, 0.4) is 0 Å². The first-order chi connectivity index (χ1) is 12.5. The second-order valence-corrected chi connectivity index (χ2v) is 6.58. The number of anilines is 1. The van der Waals surface area contributed by atoms with Gasteiger partial charge in [-0.15, -0.1) is 0 Å². The van der Waals surface area contributed by atoms with Gasteiger partial charge in [-0.2, -0.15) is 0 Å². The van der Waals surface area contributed by atoms with Crippen LogP contribution in [0, 0.1) is 5.82 Å². The maximum Gasteiger partial charge on any atom is 0.257 e. The average molecular weight is 391 g/mol. The molecule has 0 saturated heterocycles. The summed E-state index contributed by atoms with van der Waals surface area (Å²) < 4.78 is 24.2. The molecule has 0 atom stereocenters. The first-order valence-corrected chi connectivity index (χ1v) is 8.62. The molecule has 1 heterocycles. The predicted octanol–water partition coefficient (Wildman–Crippen LogP) is 3.58. The van der Waals surface area contributed by atoms with Crippen molar-refractivity contribution in [3.8, 4) is 11.5 Å². The number of thiocarbonyl (C=S) groups is 1. The first kappa shape index (κ1) is 18.0. The number of benzene rings is 2. The molecule has 3 rings (SSSR count). The maximum atomic E-state index is 13.2. The van der Waals surface area contributed by atoms with Crippen molar-refractivity contribution in [3.63, 3.8) is 0 Å². The molecule has 26 heavy (non-hydrogen) atoms. The van der Waals surface area contributed by atoms with Gasteiger partial charge in [-0.25, -0.2) is 9.37 Å². The molecule has 3 aromatic rings. The standard InChI is InChI=1S/C17H14FN3O3S2/c1-23-11-5-9(6-12(8-11)24-2)15(22)20-16(25)21-17-19-13-4-3-10(18)7-14(13)26-17/h3-8H,1-2H3,(H2,19,20,21,22,25). The largest absolute Gasteiger partial charge is 0.497 e. The Morgan fingerprint density at radius 1 is 1.15 bits per heavy atom.